The summed E-state index contributed by atoms with van der Waals surface area (Å²) in [5.41, 5.74) is 1.25. The summed E-state index contributed by atoms with van der Waals surface area (Å²) in [6, 6.07) is 0. The van der Waals surface area contributed by atoms with E-state index < -0.39 is 0 Å². The maximum Gasteiger partial charge on any atom is 0.0756 e. The highest BCUT2D eigenvalue weighted by atomic mass is 16.5. The van der Waals surface area contributed by atoms with Gasteiger partial charge >= 0.3 is 0 Å². The molecule has 0 aromatic heterocycles. The Morgan fingerprint density at radius 2 is 1.91 bits per heavy atom. The lowest BCUT2D eigenvalue weighted by molar-refractivity contribution is 0.0494. The van der Waals surface area contributed by atoms with Gasteiger partial charge in [-0.2, -0.15) is 0 Å². The summed E-state index contributed by atoms with van der Waals surface area (Å²) >= 11 is 0. The van der Waals surface area contributed by atoms with Gasteiger partial charge in [-0.15, -0.1) is 0 Å². The quantitative estimate of drug-likeness (QED) is 0.490. The Labute approximate surface area is 70.4 Å². The molecule has 1 rings (SSSR count). The molecule has 0 amide bonds. The van der Waals surface area contributed by atoms with Crippen molar-refractivity contribution in [1.29, 1.82) is 0 Å². The first-order chi connectivity index (χ1) is 5.22. The molecule has 0 spiro atoms. The molecule has 1 saturated heterocycles. The van der Waals surface area contributed by atoms with E-state index in [2.05, 4.69) is 20.4 Å². The van der Waals surface area contributed by atoms with Crippen LogP contribution in [0.25, 0.3) is 0 Å². The van der Waals surface area contributed by atoms with Gasteiger partial charge in [0.15, 0.2) is 0 Å². The number of ether oxygens (including phenoxy) is 1. The van der Waals surface area contributed by atoms with Crippen molar-refractivity contribution < 1.29 is 4.74 Å². The molecule has 11 heavy (non-hydrogen) atoms. The zero-order chi connectivity index (χ0) is 8.85. The Balaban J connectivity index is 0.000000461. The first-order valence-electron chi connectivity index (χ1n) is 4.52. The van der Waals surface area contributed by atoms with E-state index in [-0.39, 0.29) is 6.10 Å². The molecule has 1 nitrogen and oxygen atoms in total. The summed E-state index contributed by atoms with van der Waals surface area (Å²) < 4.78 is 5.36. The van der Waals surface area contributed by atoms with Gasteiger partial charge in [-0.3, -0.25) is 0 Å². The smallest absolute Gasteiger partial charge is 0.0756 e. The lowest BCUT2D eigenvalue weighted by Gasteiger charge is -2.27. The molecule has 1 aliphatic rings. The van der Waals surface area contributed by atoms with Crippen molar-refractivity contribution in [3.63, 3.8) is 0 Å². The molecule has 0 saturated carbocycles. The van der Waals surface area contributed by atoms with E-state index in [0.29, 0.717) is 5.92 Å². The molecule has 1 aliphatic heterocycles. The zero-order valence-corrected chi connectivity index (χ0v) is 8.18. The minimum Gasteiger partial charge on any atom is -0.374 e. The van der Waals surface area contributed by atoms with Crippen molar-refractivity contribution in [2.24, 2.45) is 5.92 Å². The first kappa shape index (κ1) is 10.7. The van der Waals surface area contributed by atoms with Gasteiger partial charge in [0.1, 0.15) is 0 Å². The Morgan fingerprint density at radius 3 is 2.27 bits per heavy atom. The molecular formula is C10H20O. The van der Waals surface area contributed by atoms with Gasteiger partial charge in [0.25, 0.3) is 0 Å². The number of rotatable bonds is 0. The largest absolute Gasteiger partial charge is 0.374 e. The highest BCUT2D eigenvalue weighted by Crippen LogP contribution is 2.23. The van der Waals surface area contributed by atoms with Crippen LogP contribution in [0.1, 0.15) is 34.1 Å². The van der Waals surface area contributed by atoms with Crippen molar-refractivity contribution in [1.82, 2.24) is 0 Å². The van der Waals surface area contributed by atoms with Crippen molar-refractivity contribution in [2.45, 2.75) is 40.2 Å². The molecule has 2 atom stereocenters. The van der Waals surface area contributed by atoms with Gasteiger partial charge in [0.2, 0.25) is 0 Å². The molecular weight excluding hydrogens is 136 g/mol. The van der Waals surface area contributed by atoms with Crippen molar-refractivity contribution in [3.8, 4) is 0 Å². The van der Waals surface area contributed by atoms with E-state index >= 15 is 0 Å². The predicted molar refractivity (Wildman–Crippen MR) is 49.7 cm³/mol. The van der Waals surface area contributed by atoms with Crippen LogP contribution in [0.4, 0.5) is 0 Å². The van der Waals surface area contributed by atoms with Crippen molar-refractivity contribution >= 4 is 0 Å². The van der Waals surface area contributed by atoms with E-state index in [4.69, 9.17) is 4.74 Å². The van der Waals surface area contributed by atoms with Crippen LogP contribution in [-0.2, 0) is 4.74 Å². The molecule has 1 fully saturated rings. The summed E-state index contributed by atoms with van der Waals surface area (Å²) in [5, 5.41) is 0. The molecule has 0 aromatic rings. The van der Waals surface area contributed by atoms with E-state index in [1.54, 1.807) is 0 Å². The highest BCUT2D eigenvalue weighted by molar-refractivity contribution is 5.06. The normalized spacial score (nSPS) is 30.7. The molecule has 66 valence electrons. The minimum absolute atomic E-state index is 0.286. The van der Waals surface area contributed by atoms with Crippen LogP contribution in [0.2, 0.25) is 0 Å². The lowest BCUT2D eigenvalue weighted by Crippen LogP contribution is -2.23. The van der Waals surface area contributed by atoms with Gasteiger partial charge in [0.05, 0.1) is 6.10 Å². The fourth-order valence-electron chi connectivity index (χ4n) is 1.11. The standard InChI is InChI=1S/C8H14O.C2H6/c1-6-4-5-9-8(3)7(6)2;1-2/h6,8H,2,4-5H2,1,3H3;1-2H3. The third-order valence-electron chi connectivity index (χ3n) is 2.07. The van der Waals surface area contributed by atoms with Crippen LogP contribution in [0, 0.1) is 5.92 Å². The van der Waals surface area contributed by atoms with E-state index in [9.17, 15) is 0 Å². The van der Waals surface area contributed by atoms with Crippen molar-refractivity contribution in [3.05, 3.63) is 12.2 Å². The molecule has 0 bridgehead atoms. The summed E-state index contributed by atoms with van der Waals surface area (Å²) in [6.45, 7) is 13.1. The third-order valence-corrected chi connectivity index (χ3v) is 2.07. The number of hydrogen-bond acceptors (Lipinski definition) is 1. The highest BCUT2D eigenvalue weighted by Gasteiger charge is 2.18. The van der Waals surface area contributed by atoms with Gasteiger partial charge in [0, 0.05) is 6.61 Å². The fourth-order valence-corrected chi connectivity index (χ4v) is 1.11. The van der Waals surface area contributed by atoms with Crippen molar-refractivity contribution in [2.75, 3.05) is 6.61 Å². The average Bonchev–Trinajstić information content (AvgIpc) is 2.04. The van der Waals surface area contributed by atoms with Gasteiger partial charge in [-0.1, -0.05) is 27.4 Å². The van der Waals surface area contributed by atoms with Crippen LogP contribution >= 0.6 is 0 Å². The lowest BCUT2D eigenvalue weighted by atomic mass is 9.93. The SMILES string of the molecule is C=C1C(C)CCOC1C.CC. The van der Waals surface area contributed by atoms with Crippen LogP contribution in [0.3, 0.4) is 0 Å². The predicted octanol–water partition coefficient (Wildman–Crippen LogP) is 3.01. The average molecular weight is 156 g/mol. The Morgan fingerprint density at radius 1 is 1.36 bits per heavy atom. The number of hydrogen-bond donors (Lipinski definition) is 0. The molecule has 1 heterocycles. The molecule has 0 aromatic carbocycles. The maximum atomic E-state index is 5.36. The van der Waals surface area contributed by atoms with E-state index in [1.165, 1.54) is 5.57 Å². The second-order valence-corrected chi connectivity index (χ2v) is 2.78. The van der Waals surface area contributed by atoms with E-state index in [1.807, 2.05) is 13.8 Å². The summed E-state index contributed by atoms with van der Waals surface area (Å²) in [7, 11) is 0. The second kappa shape index (κ2) is 5.36. The Kier molecular flexibility index (Phi) is 5.22. The van der Waals surface area contributed by atoms with Crippen LogP contribution in [0.5, 0.6) is 0 Å². The summed E-state index contributed by atoms with van der Waals surface area (Å²) in [4.78, 5) is 0. The topological polar surface area (TPSA) is 9.23 Å². The zero-order valence-electron chi connectivity index (χ0n) is 8.18. The van der Waals surface area contributed by atoms with Gasteiger partial charge < -0.3 is 4.74 Å². The van der Waals surface area contributed by atoms with Gasteiger partial charge in [-0.25, -0.2) is 0 Å². The Hall–Kier alpha value is -0.300. The van der Waals surface area contributed by atoms with E-state index in [0.717, 1.165) is 13.0 Å². The second-order valence-electron chi connectivity index (χ2n) is 2.78. The Bertz CT molecular complexity index is 106. The molecule has 0 N–H and O–H groups in total. The summed E-state index contributed by atoms with van der Waals surface area (Å²) in [5.74, 6) is 0.661. The molecule has 0 radical (unpaired) electrons. The van der Waals surface area contributed by atoms with Crippen LogP contribution in [0.15, 0.2) is 12.2 Å². The monoisotopic (exact) mass is 156 g/mol. The first-order valence-corrected chi connectivity index (χ1v) is 4.52. The maximum absolute atomic E-state index is 5.36. The molecule has 2 unspecified atom stereocenters. The molecule has 1 heteroatoms. The summed E-state index contributed by atoms with van der Waals surface area (Å²) in [6.07, 6.45) is 1.43. The van der Waals surface area contributed by atoms with Gasteiger partial charge in [-0.05, 0) is 24.8 Å². The fraction of sp³-hybridized carbons (Fsp3) is 0.800. The van der Waals surface area contributed by atoms with Crippen LogP contribution in [-0.4, -0.2) is 12.7 Å². The third kappa shape index (κ3) is 3.06. The molecule has 0 aliphatic carbocycles. The van der Waals surface area contributed by atoms with Crippen LogP contribution < -0.4 is 0 Å². The minimum atomic E-state index is 0.286.